The monoisotopic (exact) mass is 305 g/mol. The van der Waals surface area contributed by atoms with Crippen molar-refractivity contribution in [3.05, 3.63) is 29.8 Å². The van der Waals surface area contributed by atoms with Gasteiger partial charge in [-0.25, -0.2) is 0 Å². The van der Waals surface area contributed by atoms with Crippen molar-refractivity contribution in [3.63, 3.8) is 0 Å². The molecule has 21 heavy (non-hydrogen) atoms. The number of hydrogen-bond acceptors (Lipinski definition) is 4. The molecule has 4 N–H and O–H groups in total. The number of aliphatic hydroxyl groups excluding tert-OH is 2. The van der Waals surface area contributed by atoms with E-state index in [0.29, 0.717) is 18.6 Å². The predicted octanol–water partition coefficient (Wildman–Crippen LogP) is 1.54. The molecule has 1 aliphatic carbocycles. The van der Waals surface area contributed by atoms with Gasteiger partial charge in [0.05, 0.1) is 24.4 Å². The molecule has 2 atom stereocenters. The highest BCUT2D eigenvalue weighted by Crippen LogP contribution is 2.38. The number of nitrogens with two attached hydrogens (primary N) is 1. The summed E-state index contributed by atoms with van der Waals surface area (Å²) in [5, 5.41) is 19.2. The van der Waals surface area contributed by atoms with Crippen molar-refractivity contribution in [1.82, 2.24) is 0 Å². The maximum atomic E-state index is 12.4. The molecule has 118 valence electrons. The Kier molecular flexibility index (Phi) is 4.46. The molecule has 1 aromatic carbocycles. The Balaban J connectivity index is 1.99. The van der Waals surface area contributed by atoms with E-state index in [1.165, 1.54) is 12.1 Å². The van der Waals surface area contributed by atoms with Crippen LogP contribution < -0.4 is 10.5 Å². The van der Waals surface area contributed by atoms with Gasteiger partial charge in [0.1, 0.15) is 5.75 Å². The van der Waals surface area contributed by atoms with Crippen LogP contribution >= 0.6 is 0 Å². The maximum Gasteiger partial charge on any atom is 0.416 e. The molecule has 1 aromatic rings. The molecular weight excluding hydrogens is 287 g/mol. The molecule has 0 saturated heterocycles. The first kappa shape index (κ1) is 16.1. The van der Waals surface area contributed by atoms with Crippen LogP contribution in [0.25, 0.3) is 0 Å². The van der Waals surface area contributed by atoms with Crippen molar-refractivity contribution in [2.45, 2.75) is 31.2 Å². The van der Waals surface area contributed by atoms with Crippen LogP contribution in [0.2, 0.25) is 0 Å². The third kappa shape index (κ3) is 3.66. The highest BCUT2D eigenvalue weighted by molar-refractivity contribution is 5.29. The molecule has 1 aliphatic rings. The Bertz CT molecular complexity index is 465. The molecule has 0 aliphatic heterocycles. The Hall–Kier alpha value is -1.31. The average molecular weight is 305 g/mol. The van der Waals surface area contributed by atoms with Crippen LogP contribution in [0, 0.1) is 5.41 Å². The fourth-order valence-electron chi connectivity index (χ4n) is 2.56. The van der Waals surface area contributed by atoms with Gasteiger partial charge in [-0.3, -0.25) is 0 Å². The molecule has 2 unspecified atom stereocenters. The second kappa shape index (κ2) is 5.82. The van der Waals surface area contributed by atoms with Crippen LogP contribution in [-0.2, 0) is 6.18 Å². The van der Waals surface area contributed by atoms with Gasteiger partial charge in [-0.05, 0) is 37.1 Å². The van der Waals surface area contributed by atoms with Crippen LogP contribution in [0.4, 0.5) is 13.2 Å². The molecule has 0 aromatic heterocycles. The van der Waals surface area contributed by atoms with E-state index in [1.807, 2.05) is 0 Å². The van der Waals surface area contributed by atoms with Crippen molar-refractivity contribution in [3.8, 4) is 5.75 Å². The maximum absolute atomic E-state index is 12.4. The first-order valence-electron chi connectivity index (χ1n) is 6.62. The van der Waals surface area contributed by atoms with E-state index < -0.39 is 29.4 Å². The van der Waals surface area contributed by atoms with Crippen LogP contribution in [0.5, 0.6) is 5.75 Å². The Labute approximate surface area is 120 Å². The molecule has 2 rings (SSSR count). The summed E-state index contributed by atoms with van der Waals surface area (Å²) in [6.07, 6.45) is -5.44. The summed E-state index contributed by atoms with van der Waals surface area (Å²) in [6.45, 7) is 0.366. The van der Waals surface area contributed by atoms with Gasteiger partial charge in [0.15, 0.2) is 0 Å². The van der Waals surface area contributed by atoms with Crippen molar-refractivity contribution in [1.29, 1.82) is 0 Å². The van der Waals surface area contributed by atoms with Gasteiger partial charge in [-0.15, -0.1) is 0 Å². The number of benzene rings is 1. The molecule has 7 heteroatoms. The van der Waals surface area contributed by atoms with Crippen LogP contribution in [0.15, 0.2) is 24.3 Å². The first-order chi connectivity index (χ1) is 9.76. The third-order valence-corrected chi connectivity index (χ3v) is 3.89. The summed E-state index contributed by atoms with van der Waals surface area (Å²) in [4.78, 5) is 0. The zero-order chi connectivity index (χ0) is 15.7. The van der Waals surface area contributed by atoms with Gasteiger partial charge in [-0.1, -0.05) is 0 Å². The number of alkyl halides is 3. The topological polar surface area (TPSA) is 75.7 Å². The van der Waals surface area contributed by atoms with Gasteiger partial charge in [0.25, 0.3) is 0 Å². The van der Waals surface area contributed by atoms with E-state index >= 15 is 0 Å². The van der Waals surface area contributed by atoms with Crippen molar-refractivity contribution in [2.75, 3.05) is 13.2 Å². The molecule has 1 fully saturated rings. The first-order valence-corrected chi connectivity index (χ1v) is 6.62. The van der Waals surface area contributed by atoms with Gasteiger partial charge in [0, 0.05) is 12.0 Å². The fourth-order valence-corrected chi connectivity index (χ4v) is 2.56. The number of ether oxygens (including phenoxy) is 1. The van der Waals surface area contributed by atoms with E-state index in [-0.39, 0.29) is 13.2 Å². The van der Waals surface area contributed by atoms with Crippen LogP contribution in [-0.4, -0.2) is 35.6 Å². The Morgan fingerprint density at radius 1 is 1.14 bits per heavy atom. The number of halogens is 3. The molecular formula is C14H18F3NO3. The minimum absolute atomic E-state index is 0.142. The molecule has 0 spiro atoms. The third-order valence-electron chi connectivity index (χ3n) is 3.89. The molecule has 0 heterocycles. The summed E-state index contributed by atoms with van der Waals surface area (Å²) >= 11 is 0. The smallest absolute Gasteiger partial charge is 0.416 e. The van der Waals surface area contributed by atoms with Crippen molar-refractivity contribution < 1.29 is 28.1 Å². The minimum Gasteiger partial charge on any atom is -0.493 e. The van der Waals surface area contributed by atoms with E-state index in [9.17, 15) is 23.4 Å². The second-order valence-corrected chi connectivity index (χ2v) is 5.56. The van der Waals surface area contributed by atoms with Crippen molar-refractivity contribution in [2.24, 2.45) is 11.1 Å². The van der Waals surface area contributed by atoms with Gasteiger partial charge in [-0.2, -0.15) is 13.2 Å². The zero-order valence-electron chi connectivity index (χ0n) is 11.3. The lowest BCUT2D eigenvalue weighted by Crippen LogP contribution is -2.35. The second-order valence-electron chi connectivity index (χ2n) is 5.56. The molecule has 4 nitrogen and oxygen atoms in total. The van der Waals surface area contributed by atoms with Crippen molar-refractivity contribution >= 4 is 0 Å². The predicted molar refractivity (Wildman–Crippen MR) is 69.7 cm³/mol. The van der Waals surface area contributed by atoms with E-state index in [1.54, 1.807) is 0 Å². The number of aliphatic hydroxyl groups is 2. The molecule has 1 saturated carbocycles. The molecule has 0 amide bonds. The summed E-state index contributed by atoms with van der Waals surface area (Å²) in [6, 6.07) is 4.38. The quantitative estimate of drug-likeness (QED) is 0.789. The average Bonchev–Trinajstić information content (AvgIpc) is 2.72. The van der Waals surface area contributed by atoms with Crippen LogP contribution in [0.1, 0.15) is 18.4 Å². The highest BCUT2D eigenvalue weighted by Gasteiger charge is 2.44. The van der Waals surface area contributed by atoms with E-state index in [2.05, 4.69) is 0 Å². The zero-order valence-corrected chi connectivity index (χ0v) is 11.3. The summed E-state index contributed by atoms with van der Waals surface area (Å²) < 4.78 is 42.8. The molecule has 0 bridgehead atoms. The summed E-state index contributed by atoms with van der Waals surface area (Å²) in [5.41, 5.74) is 4.39. The Morgan fingerprint density at radius 3 is 2.10 bits per heavy atom. The van der Waals surface area contributed by atoms with Gasteiger partial charge in [0.2, 0.25) is 0 Å². The lowest BCUT2D eigenvalue weighted by Gasteiger charge is -2.27. The minimum atomic E-state index is -4.38. The highest BCUT2D eigenvalue weighted by atomic mass is 19.4. The Morgan fingerprint density at radius 2 is 1.67 bits per heavy atom. The SMILES string of the molecule is NCC1(COc2ccc(C(F)(F)F)cc2)CC(O)C(O)C1. The lowest BCUT2D eigenvalue weighted by atomic mass is 9.87. The summed E-state index contributed by atoms with van der Waals surface area (Å²) in [5.74, 6) is 0.298. The van der Waals surface area contributed by atoms with E-state index in [4.69, 9.17) is 10.5 Å². The normalized spacial score (nSPS) is 29.6. The fraction of sp³-hybridized carbons (Fsp3) is 0.571. The van der Waals surface area contributed by atoms with Gasteiger partial charge < -0.3 is 20.7 Å². The summed E-state index contributed by atoms with van der Waals surface area (Å²) in [7, 11) is 0. The lowest BCUT2D eigenvalue weighted by molar-refractivity contribution is -0.137. The van der Waals surface area contributed by atoms with Crippen LogP contribution in [0.3, 0.4) is 0 Å². The largest absolute Gasteiger partial charge is 0.493 e. The van der Waals surface area contributed by atoms with Gasteiger partial charge >= 0.3 is 6.18 Å². The van der Waals surface area contributed by atoms with E-state index in [0.717, 1.165) is 12.1 Å². The number of hydrogen-bond donors (Lipinski definition) is 3. The number of rotatable bonds is 4. The molecule has 0 radical (unpaired) electrons. The standard InChI is InChI=1S/C14H18F3NO3/c15-14(16,17)9-1-3-10(4-2-9)21-8-13(7-18)5-11(19)12(20)6-13/h1-4,11-12,19-20H,5-8,18H2.